The fourth-order valence-corrected chi connectivity index (χ4v) is 1.37. The Hall–Kier alpha value is -0.960. The fraction of sp³-hybridized carbons (Fsp3) is 0.222. The summed E-state index contributed by atoms with van der Waals surface area (Å²) in [4.78, 5) is 11.3. The molecule has 0 saturated carbocycles. The Morgan fingerprint density at radius 3 is 2.67 bits per heavy atom. The number of rotatable bonds is 2. The normalized spacial score (nSPS) is 9.83. The van der Waals surface area contributed by atoms with Crippen LogP contribution < -0.4 is 0 Å². The first-order valence-corrected chi connectivity index (χ1v) is 4.15. The van der Waals surface area contributed by atoms with Crippen molar-refractivity contribution >= 4 is 18.6 Å². The Morgan fingerprint density at radius 1 is 1.58 bits per heavy atom. The van der Waals surface area contributed by atoms with Gasteiger partial charge in [0.2, 0.25) is 0 Å². The average Bonchev–Trinajstić information content (AvgIpc) is 2.04. The molecule has 0 aliphatic carbocycles. The van der Waals surface area contributed by atoms with E-state index in [4.69, 9.17) is 5.11 Å². The number of benzene rings is 1. The van der Waals surface area contributed by atoms with Crippen molar-refractivity contribution in [2.75, 3.05) is 0 Å². The van der Waals surface area contributed by atoms with Crippen molar-refractivity contribution < 1.29 is 9.90 Å². The molecule has 3 heteroatoms. The van der Waals surface area contributed by atoms with Crippen LogP contribution in [0.5, 0.6) is 0 Å². The molecular formula is C9H10O2S. The Balaban J connectivity index is 3.10. The molecular weight excluding hydrogens is 172 g/mol. The van der Waals surface area contributed by atoms with Crippen LogP contribution in [0.3, 0.4) is 0 Å². The van der Waals surface area contributed by atoms with Gasteiger partial charge in [-0.2, -0.15) is 0 Å². The van der Waals surface area contributed by atoms with Crippen LogP contribution in [0.2, 0.25) is 0 Å². The van der Waals surface area contributed by atoms with Crippen molar-refractivity contribution in [3.8, 4) is 0 Å². The summed E-state index contributed by atoms with van der Waals surface area (Å²) < 4.78 is 0. The number of hydrogen-bond acceptors (Lipinski definition) is 2. The van der Waals surface area contributed by atoms with E-state index in [1.165, 1.54) is 0 Å². The van der Waals surface area contributed by atoms with Gasteiger partial charge in [-0.1, -0.05) is 13.0 Å². The minimum Gasteiger partial charge on any atom is -0.478 e. The lowest BCUT2D eigenvalue weighted by Gasteiger charge is -2.02. The Morgan fingerprint density at radius 2 is 2.25 bits per heavy atom. The van der Waals surface area contributed by atoms with Gasteiger partial charge in [-0.15, -0.1) is 12.6 Å². The monoisotopic (exact) mass is 182 g/mol. The average molecular weight is 182 g/mol. The van der Waals surface area contributed by atoms with Crippen molar-refractivity contribution in [2.24, 2.45) is 0 Å². The van der Waals surface area contributed by atoms with E-state index in [1.807, 2.05) is 6.92 Å². The van der Waals surface area contributed by atoms with Crippen LogP contribution in [0.4, 0.5) is 0 Å². The first-order chi connectivity index (χ1) is 5.65. The van der Waals surface area contributed by atoms with Gasteiger partial charge in [0.25, 0.3) is 0 Å². The second-order valence-corrected chi connectivity index (χ2v) is 2.98. The van der Waals surface area contributed by atoms with Crippen molar-refractivity contribution in [3.05, 3.63) is 29.3 Å². The molecule has 0 aromatic heterocycles. The van der Waals surface area contributed by atoms with Crippen molar-refractivity contribution in [2.45, 2.75) is 18.2 Å². The van der Waals surface area contributed by atoms with E-state index in [0.29, 0.717) is 0 Å². The van der Waals surface area contributed by atoms with Gasteiger partial charge in [0.1, 0.15) is 0 Å². The molecule has 0 bridgehead atoms. The molecule has 12 heavy (non-hydrogen) atoms. The van der Waals surface area contributed by atoms with Crippen LogP contribution in [0.15, 0.2) is 23.1 Å². The molecule has 0 heterocycles. The van der Waals surface area contributed by atoms with Crippen LogP contribution in [-0.4, -0.2) is 11.1 Å². The minimum absolute atomic E-state index is 0.289. The number of aryl methyl sites for hydroxylation is 1. The lowest BCUT2D eigenvalue weighted by atomic mass is 10.1. The van der Waals surface area contributed by atoms with Crippen LogP contribution >= 0.6 is 12.6 Å². The molecule has 0 fully saturated rings. The summed E-state index contributed by atoms with van der Waals surface area (Å²) in [6, 6.07) is 4.97. The molecule has 1 aromatic carbocycles. The smallest absolute Gasteiger partial charge is 0.335 e. The molecule has 1 rings (SSSR count). The fourth-order valence-electron chi connectivity index (χ4n) is 0.996. The number of carbonyl (C=O) groups is 1. The van der Waals surface area contributed by atoms with Gasteiger partial charge < -0.3 is 5.11 Å². The predicted octanol–water partition coefficient (Wildman–Crippen LogP) is 2.24. The lowest BCUT2D eigenvalue weighted by molar-refractivity contribution is 0.0696. The van der Waals surface area contributed by atoms with Gasteiger partial charge in [0.05, 0.1) is 5.56 Å². The highest BCUT2D eigenvalue weighted by Gasteiger charge is 2.04. The third-order valence-corrected chi connectivity index (χ3v) is 2.13. The summed E-state index contributed by atoms with van der Waals surface area (Å²) in [6.45, 7) is 2.01. The van der Waals surface area contributed by atoms with Gasteiger partial charge in [-0.25, -0.2) is 4.79 Å². The van der Waals surface area contributed by atoms with E-state index in [1.54, 1.807) is 18.2 Å². The highest BCUT2D eigenvalue weighted by Crippen LogP contribution is 2.16. The van der Waals surface area contributed by atoms with Crippen LogP contribution in [0, 0.1) is 0 Å². The molecule has 0 atom stereocenters. The molecule has 2 nitrogen and oxygen atoms in total. The van der Waals surface area contributed by atoms with Gasteiger partial charge >= 0.3 is 5.97 Å². The number of carboxylic acid groups (broad SMARTS) is 1. The van der Waals surface area contributed by atoms with E-state index in [9.17, 15) is 4.79 Å². The first kappa shape index (κ1) is 9.13. The largest absolute Gasteiger partial charge is 0.478 e. The SMILES string of the molecule is CCc1ccc(C(=O)O)cc1S. The summed E-state index contributed by atoms with van der Waals surface area (Å²) in [7, 11) is 0. The Labute approximate surface area is 76.6 Å². The summed E-state index contributed by atoms with van der Waals surface area (Å²) in [6.07, 6.45) is 0.874. The highest BCUT2D eigenvalue weighted by atomic mass is 32.1. The lowest BCUT2D eigenvalue weighted by Crippen LogP contribution is -1.96. The number of hydrogen-bond donors (Lipinski definition) is 2. The predicted molar refractivity (Wildman–Crippen MR) is 50.0 cm³/mol. The zero-order valence-corrected chi connectivity index (χ0v) is 7.64. The Kier molecular flexibility index (Phi) is 2.76. The summed E-state index contributed by atoms with van der Waals surface area (Å²) >= 11 is 4.18. The summed E-state index contributed by atoms with van der Waals surface area (Å²) in [5.41, 5.74) is 1.36. The van der Waals surface area contributed by atoms with Crippen LogP contribution in [-0.2, 0) is 6.42 Å². The van der Waals surface area contributed by atoms with Crippen molar-refractivity contribution in [3.63, 3.8) is 0 Å². The van der Waals surface area contributed by atoms with E-state index < -0.39 is 5.97 Å². The number of thiol groups is 1. The molecule has 0 radical (unpaired) electrons. The first-order valence-electron chi connectivity index (χ1n) is 3.70. The number of carboxylic acids is 1. The van der Waals surface area contributed by atoms with E-state index >= 15 is 0 Å². The molecule has 0 spiro atoms. The molecule has 0 aliphatic heterocycles. The Bertz CT molecular complexity index is 307. The second kappa shape index (κ2) is 3.63. The van der Waals surface area contributed by atoms with Gasteiger partial charge in [0.15, 0.2) is 0 Å². The maximum absolute atomic E-state index is 10.5. The van der Waals surface area contributed by atoms with Crippen molar-refractivity contribution in [1.82, 2.24) is 0 Å². The highest BCUT2D eigenvalue weighted by molar-refractivity contribution is 7.80. The molecule has 0 saturated heterocycles. The number of aromatic carboxylic acids is 1. The second-order valence-electron chi connectivity index (χ2n) is 2.50. The summed E-state index contributed by atoms with van der Waals surface area (Å²) in [5, 5.41) is 8.64. The zero-order chi connectivity index (χ0) is 9.14. The molecule has 0 unspecified atom stereocenters. The van der Waals surface area contributed by atoms with Gasteiger partial charge in [-0.3, -0.25) is 0 Å². The van der Waals surface area contributed by atoms with Gasteiger partial charge in [-0.05, 0) is 24.1 Å². The third kappa shape index (κ3) is 1.80. The molecule has 0 amide bonds. The summed E-state index contributed by atoms with van der Waals surface area (Å²) in [5.74, 6) is -0.909. The van der Waals surface area contributed by atoms with E-state index in [0.717, 1.165) is 16.9 Å². The van der Waals surface area contributed by atoms with Crippen LogP contribution in [0.25, 0.3) is 0 Å². The molecule has 1 aromatic rings. The molecule has 1 N–H and O–H groups in total. The van der Waals surface area contributed by atoms with Crippen LogP contribution in [0.1, 0.15) is 22.8 Å². The minimum atomic E-state index is -0.909. The standard InChI is InChI=1S/C9H10O2S/c1-2-6-3-4-7(9(10)11)5-8(6)12/h3-5,12H,2H2,1H3,(H,10,11). The van der Waals surface area contributed by atoms with Gasteiger partial charge in [0, 0.05) is 4.90 Å². The van der Waals surface area contributed by atoms with E-state index in [2.05, 4.69) is 12.6 Å². The maximum atomic E-state index is 10.5. The molecule has 0 aliphatic rings. The quantitative estimate of drug-likeness (QED) is 0.688. The third-order valence-electron chi connectivity index (χ3n) is 1.71. The maximum Gasteiger partial charge on any atom is 0.335 e. The zero-order valence-electron chi connectivity index (χ0n) is 6.74. The van der Waals surface area contributed by atoms with Crippen molar-refractivity contribution in [1.29, 1.82) is 0 Å². The molecule has 64 valence electrons. The van der Waals surface area contributed by atoms with E-state index in [-0.39, 0.29) is 5.56 Å². The topological polar surface area (TPSA) is 37.3 Å².